The molecular weight excluding hydrogens is 404 g/mol. The number of rotatable bonds is 7. The normalized spacial score (nSPS) is 10.7. The third-order valence-electron chi connectivity index (χ3n) is 4.19. The Bertz CT molecular complexity index is 1170. The monoisotopic (exact) mass is 422 g/mol. The number of esters is 1. The minimum absolute atomic E-state index is 0.179. The summed E-state index contributed by atoms with van der Waals surface area (Å²) >= 11 is 0. The first-order valence-electron chi connectivity index (χ1n) is 8.88. The van der Waals surface area contributed by atoms with Crippen molar-refractivity contribution in [3.05, 3.63) is 84.4 Å². The van der Waals surface area contributed by atoms with Crippen LogP contribution >= 0.6 is 0 Å². The lowest BCUT2D eigenvalue weighted by Crippen LogP contribution is -2.26. The van der Waals surface area contributed by atoms with Gasteiger partial charge in [0.2, 0.25) is 0 Å². The molecule has 0 aliphatic rings. The average molecular weight is 422 g/mol. The second-order valence-corrected chi connectivity index (χ2v) is 8.12. The van der Waals surface area contributed by atoms with E-state index in [4.69, 9.17) is 14.7 Å². The van der Waals surface area contributed by atoms with Crippen LogP contribution in [-0.2, 0) is 14.8 Å². The third-order valence-corrected chi connectivity index (χ3v) is 5.99. The number of para-hydroxylation sites is 1. The summed E-state index contributed by atoms with van der Waals surface area (Å²) in [6.07, 6.45) is 0. The predicted molar refractivity (Wildman–Crippen MR) is 111 cm³/mol. The van der Waals surface area contributed by atoms with Crippen LogP contribution in [0.4, 0.5) is 5.69 Å². The Morgan fingerprint density at radius 3 is 2.27 bits per heavy atom. The van der Waals surface area contributed by atoms with Crippen LogP contribution in [0.1, 0.15) is 5.56 Å². The number of sulfonamides is 1. The van der Waals surface area contributed by atoms with E-state index < -0.39 is 16.0 Å². The quantitative estimate of drug-likeness (QED) is 0.428. The first-order chi connectivity index (χ1) is 14.4. The van der Waals surface area contributed by atoms with E-state index in [-0.39, 0.29) is 17.3 Å². The molecule has 0 saturated heterocycles. The van der Waals surface area contributed by atoms with E-state index in [0.717, 1.165) is 4.31 Å². The van der Waals surface area contributed by atoms with Crippen molar-refractivity contribution >= 4 is 21.7 Å². The van der Waals surface area contributed by atoms with Crippen molar-refractivity contribution in [2.75, 3.05) is 18.0 Å². The van der Waals surface area contributed by atoms with Gasteiger partial charge in [-0.05, 0) is 48.5 Å². The van der Waals surface area contributed by atoms with Crippen LogP contribution < -0.4 is 13.8 Å². The first-order valence-corrected chi connectivity index (χ1v) is 10.3. The summed E-state index contributed by atoms with van der Waals surface area (Å²) < 4.78 is 37.0. The molecule has 0 aliphatic carbocycles. The van der Waals surface area contributed by atoms with Gasteiger partial charge in [0.25, 0.3) is 10.0 Å². The van der Waals surface area contributed by atoms with Gasteiger partial charge in [-0.15, -0.1) is 0 Å². The molecule has 3 rings (SSSR count). The molecule has 0 N–H and O–H groups in total. The largest absolute Gasteiger partial charge is 0.481 e. The molecule has 0 unspecified atom stereocenters. The van der Waals surface area contributed by atoms with Gasteiger partial charge in [0.15, 0.2) is 6.61 Å². The topological polar surface area (TPSA) is 96.7 Å². The molecule has 30 heavy (non-hydrogen) atoms. The van der Waals surface area contributed by atoms with E-state index in [1.807, 2.05) is 6.07 Å². The van der Waals surface area contributed by atoms with Crippen LogP contribution in [0.25, 0.3) is 0 Å². The van der Waals surface area contributed by atoms with Crippen molar-refractivity contribution in [2.24, 2.45) is 0 Å². The summed E-state index contributed by atoms with van der Waals surface area (Å²) in [4.78, 5) is 12.2. The van der Waals surface area contributed by atoms with Gasteiger partial charge in [-0.25, -0.2) is 13.2 Å². The highest BCUT2D eigenvalue weighted by atomic mass is 32.2. The van der Waals surface area contributed by atoms with Crippen molar-refractivity contribution in [2.45, 2.75) is 4.90 Å². The summed E-state index contributed by atoms with van der Waals surface area (Å²) in [7, 11) is -2.25. The van der Waals surface area contributed by atoms with Gasteiger partial charge in [0, 0.05) is 7.05 Å². The summed E-state index contributed by atoms with van der Waals surface area (Å²) in [5, 5.41) is 9.03. The Balaban J connectivity index is 1.63. The van der Waals surface area contributed by atoms with Crippen molar-refractivity contribution in [1.82, 2.24) is 0 Å². The van der Waals surface area contributed by atoms with Gasteiger partial charge in [-0.2, -0.15) is 5.26 Å². The molecule has 8 heteroatoms. The highest BCUT2D eigenvalue weighted by Gasteiger charge is 2.21. The van der Waals surface area contributed by atoms with Gasteiger partial charge in [-0.1, -0.05) is 30.3 Å². The van der Waals surface area contributed by atoms with Crippen LogP contribution in [0.2, 0.25) is 0 Å². The van der Waals surface area contributed by atoms with Crippen LogP contribution in [0.15, 0.2) is 83.8 Å². The molecule has 3 aromatic rings. The molecule has 0 spiro atoms. The van der Waals surface area contributed by atoms with Crippen molar-refractivity contribution in [3.8, 4) is 17.6 Å². The van der Waals surface area contributed by atoms with Crippen LogP contribution in [-0.4, -0.2) is 28.0 Å². The Morgan fingerprint density at radius 1 is 0.967 bits per heavy atom. The average Bonchev–Trinajstić information content (AvgIpc) is 2.78. The zero-order valence-corrected chi connectivity index (χ0v) is 16.9. The van der Waals surface area contributed by atoms with Gasteiger partial charge in [0.05, 0.1) is 16.1 Å². The molecule has 0 amide bonds. The molecule has 7 nitrogen and oxygen atoms in total. The highest BCUT2D eigenvalue weighted by Crippen LogP contribution is 2.24. The molecule has 0 fully saturated rings. The molecule has 0 heterocycles. The number of benzene rings is 3. The number of hydrogen-bond donors (Lipinski definition) is 0. The van der Waals surface area contributed by atoms with Gasteiger partial charge in [-0.3, -0.25) is 4.31 Å². The second-order valence-electron chi connectivity index (χ2n) is 6.15. The Hall–Kier alpha value is -3.83. The highest BCUT2D eigenvalue weighted by molar-refractivity contribution is 7.92. The first kappa shape index (κ1) is 20.9. The standard InChI is InChI=1S/C22H18N2O5S/c1-24(30(26,27)20-8-3-2-4-9-20)18-11-13-19(14-12-18)29-22(25)16-28-21-10-6-5-7-17(21)15-23/h2-14H,16H2,1H3. The second kappa shape index (κ2) is 9.11. The number of nitrogens with zero attached hydrogens (tertiary/aromatic N) is 2. The zero-order chi connectivity index (χ0) is 21.6. The number of carbonyl (C=O) groups is 1. The third kappa shape index (κ3) is 4.77. The lowest BCUT2D eigenvalue weighted by atomic mass is 10.2. The maximum atomic E-state index is 12.7. The van der Waals surface area contributed by atoms with Gasteiger partial charge >= 0.3 is 5.97 Å². The van der Waals surface area contributed by atoms with Crippen LogP contribution in [0.5, 0.6) is 11.5 Å². The van der Waals surface area contributed by atoms with E-state index in [1.54, 1.807) is 42.5 Å². The number of nitriles is 1. The summed E-state index contributed by atoms with van der Waals surface area (Å²) in [6, 6.07) is 22.7. The number of ether oxygens (including phenoxy) is 2. The van der Waals surface area contributed by atoms with Gasteiger partial charge in [0.1, 0.15) is 17.6 Å². The molecule has 152 valence electrons. The number of hydrogen-bond acceptors (Lipinski definition) is 6. The van der Waals surface area contributed by atoms with Crippen LogP contribution in [0.3, 0.4) is 0 Å². The molecule has 3 aromatic carbocycles. The number of carbonyl (C=O) groups excluding carboxylic acids is 1. The minimum atomic E-state index is -3.69. The maximum Gasteiger partial charge on any atom is 0.349 e. The molecule has 0 radical (unpaired) electrons. The summed E-state index contributed by atoms with van der Waals surface area (Å²) in [5.41, 5.74) is 0.732. The predicted octanol–water partition coefficient (Wildman–Crippen LogP) is 3.37. The fourth-order valence-electron chi connectivity index (χ4n) is 2.60. The summed E-state index contributed by atoms with van der Waals surface area (Å²) in [5.74, 6) is -0.118. The maximum absolute atomic E-state index is 12.7. The lowest BCUT2D eigenvalue weighted by Gasteiger charge is -2.19. The van der Waals surface area contributed by atoms with E-state index in [0.29, 0.717) is 17.0 Å². The van der Waals surface area contributed by atoms with Crippen LogP contribution in [0, 0.1) is 11.3 Å². The fourth-order valence-corrected chi connectivity index (χ4v) is 3.81. The minimum Gasteiger partial charge on any atom is -0.481 e. The molecule has 0 saturated carbocycles. The zero-order valence-electron chi connectivity index (χ0n) is 16.1. The van der Waals surface area contributed by atoms with Crippen molar-refractivity contribution in [3.63, 3.8) is 0 Å². The number of anilines is 1. The Labute approximate surface area is 174 Å². The molecule has 0 bridgehead atoms. The van der Waals surface area contributed by atoms with E-state index in [1.165, 1.54) is 43.4 Å². The van der Waals surface area contributed by atoms with E-state index in [2.05, 4.69) is 0 Å². The Morgan fingerprint density at radius 2 is 1.60 bits per heavy atom. The van der Waals surface area contributed by atoms with Gasteiger partial charge < -0.3 is 9.47 Å². The molecule has 0 aliphatic heterocycles. The summed E-state index contributed by atoms with van der Waals surface area (Å²) in [6.45, 7) is -0.372. The van der Waals surface area contributed by atoms with E-state index >= 15 is 0 Å². The van der Waals surface area contributed by atoms with E-state index in [9.17, 15) is 13.2 Å². The smallest absolute Gasteiger partial charge is 0.349 e. The Kier molecular flexibility index (Phi) is 6.35. The fraction of sp³-hybridized carbons (Fsp3) is 0.0909. The molecular formula is C22H18N2O5S. The van der Waals surface area contributed by atoms with Crippen molar-refractivity contribution in [1.29, 1.82) is 5.26 Å². The van der Waals surface area contributed by atoms with Crippen molar-refractivity contribution < 1.29 is 22.7 Å². The molecule has 0 aromatic heterocycles. The lowest BCUT2D eigenvalue weighted by molar-refractivity contribution is -0.136. The molecule has 0 atom stereocenters. The SMILES string of the molecule is CN(c1ccc(OC(=O)COc2ccccc2C#N)cc1)S(=O)(=O)c1ccccc1.